The summed E-state index contributed by atoms with van der Waals surface area (Å²) in [6.45, 7) is 3.37. The lowest BCUT2D eigenvalue weighted by Crippen LogP contribution is -2.43. The van der Waals surface area contributed by atoms with Crippen LogP contribution in [0.4, 0.5) is 5.69 Å². The highest BCUT2D eigenvalue weighted by atomic mass is 127. The molecular formula is C25H27IN4O3. The number of rotatable bonds is 7. The third-order valence-corrected chi connectivity index (χ3v) is 7.43. The van der Waals surface area contributed by atoms with Gasteiger partial charge in [-0.2, -0.15) is 0 Å². The van der Waals surface area contributed by atoms with Crippen LogP contribution in [-0.2, 0) is 34.6 Å². The maximum Gasteiger partial charge on any atom is 0.264 e. The number of hydrogen-bond acceptors (Lipinski definition) is 5. The van der Waals surface area contributed by atoms with Gasteiger partial charge in [0, 0.05) is 40.8 Å². The Balaban J connectivity index is 1.36. The second kappa shape index (κ2) is 9.15. The van der Waals surface area contributed by atoms with Crippen LogP contribution in [0.5, 0.6) is 0 Å². The number of aliphatic hydroxyl groups is 1. The third-order valence-electron chi connectivity index (χ3n) is 6.71. The first kappa shape index (κ1) is 22.5. The fraction of sp³-hybridized carbons (Fsp3) is 0.400. The van der Waals surface area contributed by atoms with E-state index in [0.717, 1.165) is 35.3 Å². The van der Waals surface area contributed by atoms with Crippen LogP contribution in [0.15, 0.2) is 54.7 Å². The number of benzene rings is 2. The highest BCUT2D eigenvalue weighted by Gasteiger charge is 2.59. The van der Waals surface area contributed by atoms with Crippen molar-refractivity contribution in [2.75, 3.05) is 11.5 Å². The van der Waals surface area contributed by atoms with Crippen molar-refractivity contribution < 1.29 is 14.6 Å². The molecule has 0 bridgehead atoms. The zero-order valence-electron chi connectivity index (χ0n) is 18.5. The van der Waals surface area contributed by atoms with E-state index >= 15 is 0 Å². The molecule has 3 aromatic rings. The molecule has 1 saturated heterocycles. The molecule has 1 N–H and O–H groups in total. The summed E-state index contributed by atoms with van der Waals surface area (Å²) in [6.07, 6.45) is 3.89. The van der Waals surface area contributed by atoms with Gasteiger partial charge in [-0.25, -0.2) is 0 Å². The molecule has 33 heavy (non-hydrogen) atoms. The zero-order chi connectivity index (χ0) is 23.0. The Hall–Kier alpha value is -2.30. The van der Waals surface area contributed by atoms with Crippen LogP contribution in [0.3, 0.4) is 0 Å². The summed E-state index contributed by atoms with van der Waals surface area (Å²) < 4.78 is 9.59. The van der Waals surface area contributed by atoms with Gasteiger partial charge in [0.05, 0.1) is 24.0 Å². The van der Waals surface area contributed by atoms with Crippen molar-refractivity contribution in [3.05, 3.63) is 75.1 Å². The second-order valence-electron chi connectivity index (χ2n) is 8.88. The predicted octanol–water partition coefficient (Wildman–Crippen LogP) is 3.67. The van der Waals surface area contributed by atoms with E-state index in [-0.39, 0.29) is 24.5 Å². The molecule has 7 nitrogen and oxygen atoms in total. The molecule has 2 aliphatic rings. The number of carbonyl (C=O) groups excluding carboxylic acids is 1. The van der Waals surface area contributed by atoms with Crippen molar-refractivity contribution in [2.45, 2.75) is 51.0 Å². The Kier molecular flexibility index (Phi) is 6.24. The number of aryl methyl sites for hydroxylation is 1. The summed E-state index contributed by atoms with van der Waals surface area (Å²) in [5, 5.41) is 17.3. The van der Waals surface area contributed by atoms with Crippen molar-refractivity contribution in [3.63, 3.8) is 0 Å². The summed E-state index contributed by atoms with van der Waals surface area (Å²) in [6, 6.07) is 16.3. The quantitative estimate of drug-likeness (QED) is 0.448. The first-order valence-electron chi connectivity index (χ1n) is 11.3. The molecule has 2 aromatic carbocycles. The van der Waals surface area contributed by atoms with Crippen LogP contribution in [0, 0.1) is 9.49 Å². The van der Waals surface area contributed by atoms with Crippen molar-refractivity contribution in [3.8, 4) is 0 Å². The fourth-order valence-electron chi connectivity index (χ4n) is 5.09. The van der Waals surface area contributed by atoms with Crippen molar-refractivity contribution in [2.24, 2.45) is 5.92 Å². The first-order valence-corrected chi connectivity index (χ1v) is 12.4. The van der Waals surface area contributed by atoms with E-state index < -0.39 is 5.60 Å². The molecule has 1 fully saturated rings. The molecule has 8 heteroatoms. The van der Waals surface area contributed by atoms with Gasteiger partial charge in [-0.1, -0.05) is 42.5 Å². The van der Waals surface area contributed by atoms with E-state index in [2.05, 4.69) is 64.1 Å². The molecule has 0 radical (unpaired) electrons. The van der Waals surface area contributed by atoms with Gasteiger partial charge in [-0.15, -0.1) is 5.10 Å². The van der Waals surface area contributed by atoms with Gasteiger partial charge in [0.2, 0.25) is 0 Å². The number of para-hydroxylation sites is 1. The molecule has 0 aliphatic carbocycles. The van der Waals surface area contributed by atoms with Crippen molar-refractivity contribution in [1.29, 1.82) is 0 Å². The average molecular weight is 558 g/mol. The Morgan fingerprint density at radius 3 is 2.79 bits per heavy atom. The monoisotopic (exact) mass is 558 g/mol. The molecule has 0 saturated carbocycles. The van der Waals surface area contributed by atoms with Gasteiger partial charge in [0.15, 0.2) is 5.60 Å². The van der Waals surface area contributed by atoms with E-state index in [1.807, 2.05) is 35.4 Å². The van der Waals surface area contributed by atoms with Gasteiger partial charge in [0.1, 0.15) is 0 Å². The lowest BCUT2D eigenvalue weighted by molar-refractivity contribution is -0.146. The minimum Gasteiger partial charge on any atom is -0.396 e. The van der Waals surface area contributed by atoms with Crippen LogP contribution in [0.1, 0.15) is 36.6 Å². The molecular weight excluding hydrogens is 531 g/mol. The minimum absolute atomic E-state index is 0.0308. The Bertz CT molecular complexity index is 1150. The summed E-state index contributed by atoms with van der Waals surface area (Å²) in [5.74, 6) is 0.0989. The van der Waals surface area contributed by atoms with Crippen LogP contribution < -0.4 is 4.90 Å². The number of aliphatic hydroxyl groups excluding tert-OH is 1. The normalized spacial score (nSPS) is 24.1. The largest absolute Gasteiger partial charge is 0.396 e. The minimum atomic E-state index is -0.936. The number of aromatic nitrogens is 3. The topological polar surface area (TPSA) is 80.5 Å². The lowest BCUT2D eigenvalue weighted by atomic mass is 9.83. The predicted molar refractivity (Wildman–Crippen MR) is 133 cm³/mol. The highest BCUT2D eigenvalue weighted by molar-refractivity contribution is 14.1. The fourth-order valence-corrected chi connectivity index (χ4v) is 5.44. The van der Waals surface area contributed by atoms with Gasteiger partial charge in [-0.3, -0.25) is 9.48 Å². The molecule has 3 heterocycles. The summed E-state index contributed by atoms with van der Waals surface area (Å²) >= 11 is 2.29. The van der Waals surface area contributed by atoms with E-state index in [9.17, 15) is 4.79 Å². The first-order chi connectivity index (χ1) is 16.0. The SMILES string of the molecule is C[C@H]1C[C@@H](CCn2cc(CCO)nn2)O[C@]12C(=O)N(Cc1ccc(I)cc1)c1ccccc12. The average Bonchev–Trinajstić information content (AvgIpc) is 3.47. The maximum atomic E-state index is 13.9. The van der Waals surface area contributed by atoms with Gasteiger partial charge < -0.3 is 14.7 Å². The number of amides is 1. The number of nitrogens with zero attached hydrogens (tertiary/aromatic N) is 4. The van der Waals surface area contributed by atoms with E-state index in [0.29, 0.717) is 19.5 Å². The lowest BCUT2D eigenvalue weighted by Gasteiger charge is -2.28. The molecule has 1 aromatic heterocycles. The Morgan fingerprint density at radius 2 is 2.00 bits per heavy atom. The molecule has 2 aliphatic heterocycles. The maximum absolute atomic E-state index is 13.9. The van der Waals surface area contributed by atoms with Crippen LogP contribution in [0.25, 0.3) is 0 Å². The Labute approximate surface area is 206 Å². The molecule has 172 valence electrons. The van der Waals surface area contributed by atoms with Crippen LogP contribution in [0.2, 0.25) is 0 Å². The summed E-state index contributed by atoms with van der Waals surface area (Å²) in [5.41, 5.74) is 2.86. The van der Waals surface area contributed by atoms with Crippen molar-refractivity contribution >= 4 is 34.2 Å². The van der Waals surface area contributed by atoms with Crippen LogP contribution >= 0.6 is 22.6 Å². The van der Waals surface area contributed by atoms with E-state index in [4.69, 9.17) is 9.84 Å². The summed E-state index contributed by atoms with van der Waals surface area (Å²) in [4.78, 5) is 15.8. The van der Waals surface area contributed by atoms with Crippen LogP contribution in [-0.4, -0.2) is 38.7 Å². The number of ether oxygens (including phenoxy) is 1. The third kappa shape index (κ3) is 4.08. The molecule has 0 unspecified atom stereocenters. The highest BCUT2D eigenvalue weighted by Crippen LogP contribution is 2.53. The molecule has 1 spiro atoms. The van der Waals surface area contributed by atoms with Gasteiger partial charge in [-0.05, 0) is 59.2 Å². The van der Waals surface area contributed by atoms with E-state index in [1.165, 1.54) is 3.57 Å². The van der Waals surface area contributed by atoms with E-state index in [1.54, 1.807) is 4.68 Å². The number of fused-ring (bicyclic) bond motifs is 2. The molecule has 5 rings (SSSR count). The molecule has 1 amide bonds. The number of anilines is 1. The second-order valence-corrected chi connectivity index (χ2v) is 10.1. The van der Waals surface area contributed by atoms with Crippen molar-refractivity contribution in [1.82, 2.24) is 15.0 Å². The number of carbonyl (C=O) groups is 1. The molecule has 3 atom stereocenters. The summed E-state index contributed by atoms with van der Waals surface area (Å²) in [7, 11) is 0. The zero-order valence-corrected chi connectivity index (χ0v) is 20.7. The van der Waals surface area contributed by atoms with Gasteiger partial charge in [0.25, 0.3) is 5.91 Å². The Morgan fingerprint density at radius 1 is 1.21 bits per heavy atom. The standard InChI is InChI=1S/C25H27IN4O3/c1-17-14-21(10-12-29-16-20(11-13-31)27-28-29)33-25(17)22-4-2-3-5-23(22)30(24(25)32)15-18-6-8-19(26)9-7-18/h2-9,16-17,21,31H,10-15H2,1H3/t17-,21+,25+/m0/s1. The number of hydrogen-bond donors (Lipinski definition) is 1. The number of halogens is 1. The van der Waals surface area contributed by atoms with Gasteiger partial charge >= 0.3 is 0 Å². The smallest absolute Gasteiger partial charge is 0.264 e.